The molecule has 9 aromatic rings. The summed E-state index contributed by atoms with van der Waals surface area (Å²) in [5, 5.41) is 1.58. The molecule has 5 nitrogen and oxygen atoms in total. The molecule has 0 bridgehead atoms. The van der Waals surface area contributed by atoms with E-state index in [4.69, 9.17) is 24.5 Å². The van der Waals surface area contributed by atoms with Gasteiger partial charge in [-0.15, -0.1) is 0 Å². The highest BCUT2D eigenvalue weighted by Crippen LogP contribution is 2.37. The monoisotopic (exact) mass is 575 g/mol. The Labute approximate surface area is 268 Å². The topological polar surface area (TPSA) is 56.7 Å². The molecule has 0 radical (unpaired) electrons. The minimum atomic E-state index is -0.533. The van der Waals surface area contributed by atoms with E-state index in [2.05, 4.69) is 9.97 Å². The maximum atomic E-state index is 8.84. The van der Waals surface area contributed by atoms with Crippen molar-refractivity contribution in [3.8, 4) is 39.9 Å². The van der Waals surface area contributed by atoms with Gasteiger partial charge < -0.3 is 8.98 Å². The second kappa shape index (κ2) is 9.75. The fraction of sp³-hybridized carbons (Fsp3) is 0. The lowest BCUT2D eigenvalue weighted by Crippen LogP contribution is -2.00. The molecule has 0 atom stereocenters. The van der Waals surface area contributed by atoms with Gasteiger partial charge in [0.05, 0.1) is 26.1 Å². The second-order valence-electron chi connectivity index (χ2n) is 10.1. The Morgan fingerprint density at radius 3 is 1.80 bits per heavy atom. The highest BCUT2D eigenvalue weighted by atomic mass is 16.3. The summed E-state index contributed by atoms with van der Waals surface area (Å²) in [4.78, 5) is 14.0. The Kier molecular flexibility index (Phi) is 3.54. The Hall–Kier alpha value is -6.07. The fourth-order valence-electron chi connectivity index (χ4n) is 5.51. The fourth-order valence-corrected chi connectivity index (χ4v) is 5.51. The van der Waals surface area contributed by atoms with Crippen LogP contribution in [0.15, 0.2) is 150 Å². The van der Waals surface area contributed by atoms with E-state index in [0.717, 1.165) is 0 Å². The molecule has 5 heteroatoms. The van der Waals surface area contributed by atoms with Crippen LogP contribution in [-0.2, 0) is 0 Å². The van der Waals surface area contributed by atoms with E-state index in [0.29, 0.717) is 38.8 Å². The van der Waals surface area contributed by atoms with Crippen molar-refractivity contribution in [2.45, 2.75) is 0 Å². The van der Waals surface area contributed by atoms with Gasteiger partial charge in [-0.25, -0.2) is 15.0 Å². The molecule has 44 heavy (non-hydrogen) atoms. The molecule has 9 rings (SSSR count). The maximum absolute atomic E-state index is 8.84. The zero-order valence-corrected chi connectivity index (χ0v) is 22.7. The lowest BCUT2D eigenvalue weighted by molar-refractivity contribution is 0.669. The van der Waals surface area contributed by atoms with Crippen LogP contribution in [0.25, 0.3) is 83.6 Å². The molecule has 0 aliphatic heterocycles. The summed E-state index contributed by atoms with van der Waals surface area (Å²) in [5.74, 6) is 0.301. The first-order valence-corrected chi connectivity index (χ1v) is 13.7. The normalized spacial score (nSPS) is 15.1. The van der Waals surface area contributed by atoms with Gasteiger partial charge in [0.1, 0.15) is 11.2 Å². The van der Waals surface area contributed by atoms with Crippen LogP contribution in [0.3, 0.4) is 0 Å². The molecule has 0 aliphatic carbocycles. The summed E-state index contributed by atoms with van der Waals surface area (Å²) < 4.78 is 101. The summed E-state index contributed by atoms with van der Waals surface area (Å²) in [7, 11) is 0. The van der Waals surface area contributed by atoms with Crippen LogP contribution >= 0.6 is 0 Å². The molecule has 0 unspecified atom stereocenters. The number of para-hydroxylation sites is 2. The van der Waals surface area contributed by atoms with E-state index in [-0.39, 0.29) is 81.1 Å². The van der Waals surface area contributed by atoms with Crippen molar-refractivity contribution >= 4 is 43.7 Å². The molecule has 0 aliphatic rings. The van der Waals surface area contributed by atoms with E-state index in [1.807, 2.05) is 18.2 Å². The smallest absolute Gasteiger partial charge is 0.164 e. The van der Waals surface area contributed by atoms with Crippen molar-refractivity contribution in [2.24, 2.45) is 0 Å². The molecule has 0 amide bonds. The lowest BCUT2D eigenvalue weighted by atomic mass is 10.1. The molecule has 206 valence electrons. The van der Waals surface area contributed by atoms with E-state index in [9.17, 15) is 0 Å². The van der Waals surface area contributed by atoms with Crippen LogP contribution in [0.5, 0.6) is 0 Å². The zero-order chi connectivity index (χ0) is 38.6. The Bertz CT molecular complexity index is 3030. The first-order valence-electron chi connectivity index (χ1n) is 19.2. The average molecular weight is 576 g/mol. The van der Waals surface area contributed by atoms with Crippen molar-refractivity contribution in [1.29, 1.82) is 0 Å². The van der Waals surface area contributed by atoms with Crippen LogP contribution in [0.4, 0.5) is 0 Å². The van der Waals surface area contributed by atoms with Gasteiger partial charge in [-0.2, -0.15) is 0 Å². The zero-order valence-electron chi connectivity index (χ0n) is 33.7. The van der Waals surface area contributed by atoms with Crippen LogP contribution in [0.1, 0.15) is 15.1 Å². The summed E-state index contributed by atoms with van der Waals surface area (Å²) in [6, 6.07) is 18.7. The van der Waals surface area contributed by atoms with Crippen LogP contribution < -0.4 is 0 Å². The highest BCUT2D eigenvalue weighted by Gasteiger charge is 2.16. The first kappa shape index (κ1) is 16.0. The third-order valence-corrected chi connectivity index (χ3v) is 7.49. The van der Waals surface area contributed by atoms with Crippen molar-refractivity contribution in [2.75, 3.05) is 0 Å². The molecular weight excluding hydrogens is 540 g/mol. The minimum Gasteiger partial charge on any atom is -0.456 e. The Morgan fingerprint density at radius 2 is 1.09 bits per heavy atom. The summed E-state index contributed by atoms with van der Waals surface area (Å²) in [5.41, 5.74) is 2.95. The van der Waals surface area contributed by atoms with E-state index in [1.165, 1.54) is 12.1 Å². The van der Waals surface area contributed by atoms with Crippen LogP contribution in [0.2, 0.25) is 0 Å². The number of aromatic nitrogens is 4. The number of benzene rings is 6. The number of fused-ring (bicyclic) bond motifs is 6. The van der Waals surface area contributed by atoms with Crippen molar-refractivity contribution in [3.05, 3.63) is 145 Å². The molecule has 0 spiro atoms. The quantitative estimate of drug-likeness (QED) is 0.210. The number of hydrogen-bond acceptors (Lipinski definition) is 4. The van der Waals surface area contributed by atoms with Gasteiger partial charge in [-0.05, 0) is 48.5 Å². The van der Waals surface area contributed by atoms with Crippen LogP contribution in [0, 0.1) is 0 Å². The molecule has 0 fully saturated rings. The molecule has 0 N–H and O–H groups in total. The molecule has 3 aromatic heterocycles. The predicted molar refractivity (Wildman–Crippen MR) is 178 cm³/mol. The van der Waals surface area contributed by atoms with Crippen LogP contribution in [-0.4, -0.2) is 19.5 Å². The Balaban J connectivity index is 1.29. The van der Waals surface area contributed by atoms with E-state index in [1.54, 1.807) is 53.1 Å². The number of nitrogens with zero attached hydrogens (tertiary/aromatic N) is 4. The van der Waals surface area contributed by atoms with E-state index < -0.39 is 30.2 Å². The maximum Gasteiger partial charge on any atom is 0.164 e. The van der Waals surface area contributed by atoms with Gasteiger partial charge in [-0.3, -0.25) is 0 Å². The van der Waals surface area contributed by atoms with Gasteiger partial charge in [0, 0.05) is 43.9 Å². The summed E-state index contributed by atoms with van der Waals surface area (Å²) in [6.45, 7) is 0. The number of rotatable bonds is 4. The lowest BCUT2D eigenvalue weighted by Gasteiger charge is -2.09. The molecule has 3 heterocycles. The first-order chi connectivity index (χ1) is 26.3. The highest BCUT2D eigenvalue weighted by molar-refractivity contribution is 6.10. The van der Waals surface area contributed by atoms with Gasteiger partial charge in [0.2, 0.25) is 0 Å². The third-order valence-electron chi connectivity index (χ3n) is 7.49. The Morgan fingerprint density at radius 1 is 0.477 bits per heavy atom. The van der Waals surface area contributed by atoms with E-state index >= 15 is 0 Å². The molecular formula is C39H24N4O. The van der Waals surface area contributed by atoms with Gasteiger partial charge in [0.15, 0.2) is 17.5 Å². The second-order valence-corrected chi connectivity index (χ2v) is 10.1. The number of hydrogen-bond donors (Lipinski definition) is 0. The standard InChI is InChI=1S/C39H24N4O/c1-3-11-25(12-4-1)37-40-38(26-13-5-2-6-14-26)42-39(41-37)27-19-21-35-31(23-27)32-24-28(20-22-36(32)44-35)43-33-17-9-7-15-29(33)30-16-8-10-18-34(30)43/h1-24H/i1D,3D,4D,7D,8D,11D,12D,15D,16D,17D,18D. The third kappa shape index (κ3) is 3.91. The molecule has 0 saturated carbocycles. The largest absolute Gasteiger partial charge is 0.456 e. The van der Waals surface area contributed by atoms with Gasteiger partial charge in [-0.1, -0.05) is 96.8 Å². The average Bonchev–Trinajstić information content (AvgIpc) is 3.74. The van der Waals surface area contributed by atoms with Crippen molar-refractivity contribution in [3.63, 3.8) is 0 Å². The SMILES string of the molecule is [2H]c1cc([2H])c2c(c1[2H])c1c([2H])c([2H])cc([2H])c1n2-c1ccc2oc3ccc(-c4nc(-c5ccccc5)nc(-c5c([2H])c([2H])c([2H])c([2H])c5[2H])n4)cc3c2c1. The van der Waals surface area contributed by atoms with Crippen molar-refractivity contribution in [1.82, 2.24) is 19.5 Å². The minimum absolute atomic E-state index is 0.0732. The van der Waals surface area contributed by atoms with Gasteiger partial charge in [0.25, 0.3) is 0 Å². The number of furan rings is 1. The molecule has 6 aromatic carbocycles. The predicted octanol–water partition coefficient (Wildman–Crippen LogP) is 9.87. The summed E-state index contributed by atoms with van der Waals surface area (Å²) in [6.07, 6.45) is 0. The molecule has 0 saturated heterocycles. The van der Waals surface area contributed by atoms with Crippen molar-refractivity contribution < 1.29 is 19.5 Å². The summed E-state index contributed by atoms with van der Waals surface area (Å²) >= 11 is 0. The van der Waals surface area contributed by atoms with Gasteiger partial charge >= 0.3 is 0 Å².